The molecule has 0 aliphatic rings. The average molecular weight is 473 g/mol. The summed E-state index contributed by atoms with van der Waals surface area (Å²) >= 11 is 2.28. The van der Waals surface area contributed by atoms with Crippen molar-refractivity contribution in [2.24, 2.45) is 5.10 Å². The van der Waals surface area contributed by atoms with E-state index in [1.54, 1.807) is 0 Å². The van der Waals surface area contributed by atoms with Gasteiger partial charge in [0.2, 0.25) is 4.62 Å². The lowest BCUT2D eigenvalue weighted by Gasteiger charge is -2.12. The molecule has 0 atom stereocenters. The molecule has 0 amide bonds. The Balaban J connectivity index is 2.27. The van der Waals surface area contributed by atoms with Crippen molar-refractivity contribution < 1.29 is 35.8 Å². The van der Waals surface area contributed by atoms with Crippen LogP contribution >= 0.6 is 15.9 Å². The summed E-state index contributed by atoms with van der Waals surface area (Å²) in [6, 6.07) is 4.85. The quantitative estimate of drug-likeness (QED) is 0.369. The normalized spacial score (nSPS) is 12.8. The Morgan fingerprint density at radius 2 is 1.79 bits per heavy atom. The summed E-state index contributed by atoms with van der Waals surface area (Å²) in [5, 5.41) is 3.11. The number of aromatic nitrogens is 2. The van der Waals surface area contributed by atoms with Crippen molar-refractivity contribution >= 4 is 26.4 Å². The molecule has 6 nitrogen and oxygen atoms in total. The summed E-state index contributed by atoms with van der Waals surface area (Å²) in [6.07, 6.45) is -8.37. The first kappa shape index (κ1) is 21.9. The SMILES string of the molecule is COCc1nc(N/N=C(\Br)C(F)(F)F)cnc1-c1ccc(OC(F)(F)F)cc1. The number of methoxy groups -OCH3 is 1. The van der Waals surface area contributed by atoms with Crippen molar-refractivity contribution in [2.45, 2.75) is 19.1 Å². The molecule has 1 aromatic heterocycles. The first-order valence-corrected chi connectivity index (χ1v) is 8.06. The molecule has 0 bridgehead atoms. The average Bonchev–Trinajstić information content (AvgIpc) is 2.59. The molecule has 152 valence electrons. The molecule has 1 aromatic carbocycles. The second-order valence-corrected chi connectivity index (χ2v) is 5.82. The lowest BCUT2D eigenvalue weighted by molar-refractivity contribution is -0.274. The highest BCUT2D eigenvalue weighted by Crippen LogP contribution is 2.28. The van der Waals surface area contributed by atoms with E-state index < -0.39 is 22.9 Å². The zero-order valence-electron chi connectivity index (χ0n) is 13.9. The molecule has 1 heterocycles. The van der Waals surface area contributed by atoms with E-state index in [1.807, 2.05) is 0 Å². The number of hydrogen-bond acceptors (Lipinski definition) is 6. The number of anilines is 1. The maximum atomic E-state index is 12.4. The third-order valence-electron chi connectivity index (χ3n) is 2.99. The molecule has 0 saturated carbocycles. The van der Waals surface area contributed by atoms with E-state index in [-0.39, 0.29) is 23.8 Å². The Kier molecular flexibility index (Phi) is 6.82. The summed E-state index contributed by atoms with van der Waals surface area (Å²) < 4.78 is 81.4. The first-order chi connectivity index (χ1) is 13.0. The van der Waals surface area contributed by atoms with Crippen LogP contribution in [0.3, 0.4) is 0 Å². The number of benzene rings is 1. The predicted octanol–water partition coefficient (Wildman–Crippen LogP) is 4.87. The third kappa shape index (κ3) is 6.34. The van der Waals surface area contributed by atoms with Crippen LogP contribution in [0.15, 0.2) is 35.6 Å². The van der Waals surface area contributed by atoms with Crippen molar-refractivity contribution in [1.29, 1.82) is 0 Å². The van der Waals surface area contributed by atoms with E-state index in [0.29, 0.717) is 5.56 Å². The van der Waals surface area contributed by atoms with Crippen molar-refractivity contribution in [1.82, 2.24) is 9.97 Å². The zero-order chi connectivity index (χ0) is 20.9. The number of nitrogens with one attached hydrogen (secondary N) is 1. The van der Waals surface area contributed by atoms with Gasteiger partial charge >= 0.3 is 12.5 Å². The van der Waals surface area contributed by atoms with Crippen LogP contribution in [0.4, 0.5) is 32.2 Å². The van der Waals surface area contributed by atoms with Gasteiger partial charge in [-0.05, 0) is 40.2 Å². The zero-order valence-corrected chi connectivity index (χ0v) is 15.5. The van der Waals surface area contributed by atoms with Gasteiger partial charge in [-0.3, -0.25) is 10.4 Å². The number of halogens is 7. The number of nitrogens with zero attached hydrogens (tertiary/aromatic N) is 3. The predicted molar refractivity (Wildman–Crippen MR) is 90.9 cm³/mol. The van der Waals surface area contributed by atoms with Crippen molar-refractivity contribution in [3.05, 3.63) is 36.2 Å². The lowest BCUT2D eigenvalue weighted by Crippen LogP contribution is -2.18. The van der Waals surface area contributed by atoms with Crippen molar-refractivity contribution in [3.8, 4) is 17.0 Å². The van der Waals surface area contributed by atoms with Gasteiger partial charge in [0.05, 0.1) is 24.2 Å². The summed E-state index contributed by atoms with van der Waals surface area (Å²) in [6.45, 7) is -0.0528. The topological polar surface area (TPSA) is 68.6 Å². The summed E-state index contributed by atoms with van der Waals surface area (Å²) in [5.74, 6) is -0.504. The lowest BCUT2D eigenvalue weighted by atomic mass is 10.1. The molecule has 0 radical (unpaired) electrons. The molecule has 2 rings (SSSR count). The monoisotopic (exact) mass is 472 g/mol. The molecular weight excluding hydrogens is 462 g/mol. The van der Waals surface area contributed by atoms with E-state index >= 15 is 0 Å². The van der Waals surface area contributed by atoms with Gasteiger partial charge in [-0.25, -0.2) is 4.98 Å². The van der Waals surface area contributed by atoms with E-state index in [9.17, 15) is 26.3 Å². The van der Waals surface area contributed by atoms with Gasteiger partial charge in [0.15, 0.2) is 5.82 Å². The fourth-order valence-corrected chi connectivity index (χ4v) is 2.03. The maximum Gasteiger partial charge on any atom is 0.573 e. The number of hydrazone groups is 1. The van der Waals surface area contributed by atoms with Gasteiger partial charge in [0.25, 0.3) is 0 Å². The molecule has 0 unspecified atom stereocenters. The largest absolute Gasteiger partial charge is 0.573 e. The molecule has 0 saturated heterocycles. The highest BCUT2D eigenvalue weighted by atomic mass is 79.9. The Morgan fingerprint density at radius 1 is 1.14 bits per heavy atom. The third-order valence-corrected chi connectivity index (χ3v) is 3.62. The van der Waals surface area contributed by atoms with Crippen LogP contribution < -0.4 is 10.2 Å². The molecule has 0 fully saturated rings. The minimum absolute atomic E-state index is 0.0528. The van der Waals surface area contributed by atoms with Crippen LogP contribution in [-0.2, 0) is 11.3 Å². The Labute approximate surface area is 162 Å². The van der Waals surface area contributed by atoms with E-state index in [1.165, 1.54) is 19.2 Å². The highest BCUT2D eigenvalue weighted by Gasteiger charge is 2.34. The second kappa shape index (κ2) is 8.73. The summed E-state index contributed by atoms with van der Waals surface area (Å²) in [5.41, 5.74) is 3.01. The van der Waals surface area contributed by atoms with E-state index in [0.717, 1.165) is 18.3 Å². The number of rotatable bonds is 6. The highest BCUT2D eigenvalue weighted by molar-refractivity contribution is 9.18. The molecule has 13 heteroatoms. The van der Waals surface area contributed by atoms with E-state index in [2.05, 4.69) is 41.2 Å². The molecule has 1 N–H and O–H groups in total. The van der Waals surface area contributed by atoms with Crippen LogP contribution in [0.25, 0.3) is 11.3 Å². The fraction of sp³-hybridized carbons (Fsp3) is 0.267. The van der Waals surface area contributed by atoms with Crippen molar-refractivity contribution in [2.75, 3.05) is 12.5 Å². The Bertz CT molecular complexity index is 840. The van der Waals surface area contributed by atoms with E-state index in [4.69, 9.17) is 4.74 Å². The fourth-order valence-electron chi connectivity index (χ4n) is 1.94. The molecular formula is C15H11BrF6N4O2. The van der Waals surface area contributed by atoms with Gasteiger partial charge in [0, 0.05) is 12.7 Å². The van der Waals surface area contributed by atoms with Crippen LogP contribution in [0, 0.1) is 0 Å². The molecule has 0 aliphatic heterocycles. The van der Waals surface area contributed by atoms with Gasteiger partial charge in [-0.1, -0.05) is 0 Å². The summed E-state index contributed by atoms with van der Waals surface area (Å²) in [7, 11) is 1.37. The Hall–Kier alpha value is -2.41. The minimum atomic E-state index is -4.82. The van der Waals surface area contributed by atoms with Crippen LogP contribution in [0.1, 0.15) is 5.69 Å². The van der Waals surface area contributed by atoms with Crippen molar-refractivity contribution in [3.63, 3.8) is 0 Å². The van der Waals surface area contributed by atoms with Gasteiger partial charge in [0.1, 0.15) is 5.75 Å². The molecule has 0 spiro atoms. The number of alkyl halides is 6. The van der Waals surface area contributed by atoms with Crippen LogP contribution in [0.5, 0.6) is 5.75 Å². The smallest absolute Gasteiger partial charge is 0.406 e. The standard InChI is InChI=1S/C15H11BrF6N4O2/c1-27-7-10-12(8-2-4-9(5-3-8)28-15(20,21)22)23-6-11(24-10)25-26-13(16)14(17,18)19/h2-6H,7H2,1H3,(H,24,25)/b26-13-. The van der Waals surface area contributed by atoms with Gasteiger partial charge < -0.3 is 9.47 Å². The number of hydrogen-bond donors (Lipinski definition) is 1. The maximum absolute atomic E-state index is 12.4. The minimum Gasteiger partial charge on any atom is -0.406 e. The Morgan fingerprint density at radius 3 is 2.32 bits per heavy atom. The van der Waals surface area contributed by atoms with Gasteiger partial charge in [-0.2, -0.15) is 18.3 Å². The van der Waals surface area contributed by atoms with Crippen LogP contribution in [-0.4, -0.2) is 34.2 Å². The summed E-state index contributed by atoms with van der Waals surface area (Å²) in [4.78, 5) is 8.15. The second-order valence-electron chi connectivity index (χ2n) is 5.07. The number of ether oxygens (including phenoxy) is 2. The molecule has 28 heavy (non-hydrogen) atoms. The molecule has 2 aromatic rings. The van der Waals surface area contributed by atoms with Crippen LogP contribution in [0.2, 0.25) is 0 Å². The first-order valence-electron chi connectivity index (χ1n) is 7.27. The van der Waals surface area contributed by atoms with Gasteiger partial charge in [-0.15, -0.1) is 13.2 Å². The molecule has 0 aliphatic carbocycles.